The summed E-state index contributed by atoms with van der Waals surface area (Å²) in [4.78, 5) is 15.6. The van der Waals surface area contributed by atoms with Crippen LogP contribution in [0.3, 0.4) is 0 Å². The van der Waals surface area contributed by atoms with Crippen molar-refractivity contribution in [2.75, 3.05) is 12.8 Å². The smallest absolute Gasteiger partial charge is 0.339 e. The molecule has 0 radical (unpaired) electrons. The van der Waals surface area contributed by atoms with Crippen molar-refractivity contribution in [3.63, 3.8) is 0 Å². The summed E-state index contributed by atoms with van der Waals surface area (Å²) < 4.78 is 7.03. The maximum absolute atomic E-state index is 11.6. The van der Waals surface area contributed by atoms with E-state index in [1.54, 1.807) is 29.0 Å². The summed E-state index contributed by atoms with van der Waals surface area (Å²) in [5.41, 5.74) is 6.81. The molecule has 0 amide bonds. The first kappa shape index (κ1) is 11.7. The number of rotatable bonds is 2. The zero-order valence-electron chi connectivity index (χ0n) is 9.05. The Morgan fingerprint density at radius 2 is 2.18 bits per heavy atom. The molecule has 0 spiro atoms. The molecule has 88 valence electrons. The van der Waals surface area contributed by atoms with Crippen molar-refractivity contribution in [1.29, 1.82) is 0 Å². The highest BCUT2D eigenvalue weighted by atomic mass is 79.9. The Kier molecular flexibility index (Phi) is 3.14. The summed E-state index contributed by atoms with van der Waals surface area (Å²) in [7, 11) is 1.34. The summed E-state index contributed by atoms with van der Waals surface area (Å²) in [6, 6.07) is 7.02. The van der Waals surface area contributed by atoms with Crippen molar-refractivity contribution in [3.05, 3.63) is 40.6 Å². The Balaban J connectivity index is 2.64. The molecule has 0 unspecified atom stereocenters. The second kappa shape index (κ2) is 4.58. The minimum Gasteiger partial charge on any atom is -0.465 e. The number of aromatic nitrogens is 2. The third kappa shape index (κ3) is 2.03. The number of anilines is 1. The van der Waals surface area contributed by atoms with Gasteiger partial charge in [-0.1, -0.05) is 12.1 Å². The second-order valence-corrected chi connectivity index (χ2v) is 4.10. The van der Waals surface area contributed by atoms with E-state index < -0.39 is 5.97 Å². The predicted molar refractivity (Wildman–Crippen MR) is 67.0 cm³/mol. The number of carbonyl (C=O) groups is 1. The monoisotopic (exact) mass is 295 g/mol. The molecule has 0 fully saturated rings. The zero-order chi connectivity index (χ0) is 12.4. The van der Waals surface area contributed by atoms with Crippen LogP contribution in [0.25, 0.3) is 5.69 Å². The van der Waals surface area contributed by atoms with Gasteiger partial charge in [0.1, 0.15) is 4.60 Å². The topological polar surface area (TPSA) is 70.1 Å². The SMILES string of the molecule is COC(=O)c1ccccc1-n1c(Br)cnc1N. The quantitative estimate of drug-likeness (QED) is 0.861. The van der Waals surface area contributed by atoms with E-state index in [0.29, 0.717) is 21.8 Å². The Hall–Kier alpha value is -1.82. The first-order valence-corrected chi connectivity index (χ1v) is 5.61. The number of nitrogens with two attached hydrogens (primary N) is 1. The van der Waals surface area contributed by atoms with E-state index in [1.165, 1.54) is 7.11 Å². The van der Waals surface area contributed by atoms with Crippen molar-refractivity contribution in [2.45, 2.75) is 0 Å². The van der Waals surface area contributed by atoms with Gasteiger partial charge in [0.2, 0.25) is 5.95 Å². The van der Waals surface area contributed by atoms with Crippen LogP contribution in [0.4, 0.5) is 5.95 Å². The van der Waals surface area contributed by atoms with Crippen molar-refractivity contribution in [2.24, 2.45) is 0 Å². The summed E-state index contributed by atoms with van der Waals surface area (Å²) in [6.45, 7) is 0. The lowest BCUT2D eigenvalue weighted by Crippen LogP contribution is -2.09. The molecule has 0 bridgehead atoms. The van der Waals surface area contributed by atoms with Gasteiger partial charge in [0.25, 0.3) is 0 Å². The molecule has 0 aliphatic carbocycles. The Morgan fingerprint density at radius 1 is 1.47 bits per heavy atom. The molecule has 1 heterocycles. The number of methoxy groups -OCH3 is 1. The molecule has 2 aromatic rings. The number of ether oxygens (including phenoxy) is 1. The van der Waals surface area contributed by atoms with Gasteiger partial charge in [-0.05, 0) is 28.1 Å². The maximum atomic E-state index is 11.6. The van der Waals surface area contributed by atoms with Gasteiger partial charge < -0.3 is 10.5 Å². The van der Waals surface area contributed by atoms with Crippen LogP contribution in [0.1, 0.15) is 10.4 Å². The molecule has 0 aliphatic rings. The van der Waals surface area contributed by atoms with Crippen molar-refractivity contribution in [1.82, 2.24) is 9.55 Å². The van der Waals surface area contributed by atoms with E-state index in [1.807, 2.05) is 6.07 Å². The van der Waals surface area contributed by atoms with Crippen molar-refractivity contribution < 1.29 is 9.53 Å². The van der Waals surface area contributed by atoms with Crippen LogP contribution >= 0.6 is 15.9 Å². The first-order chi connectivity index (χ1) is 8.15. The molecule has 1 aromatic carbocycles. The van der Waals surface area contributed by atoms with E-state index in [4.69, 9.17) is 10.5 Å². The number of para-hydroxylation sites is 1. The molecule has 0 aliphatic heterocycles. The van der Waals surface area contributed by atoms with E-state index in [9.17, 15) is 4.79 Å². The third-order valence-corrected chi connectivity index (χ3v) is 2.86. The van der Waals surface area contributed by atoms with E-state index in [0.717, 1.165) is 0 Å². The molecule has 5 nitrogen and oxygen atoms in total. The first-order valence-electron chi connectivity index (χ1n) is 4.81. The normalized spacial score (nSPS) is 10.2. The fourth-order valence-electron chi connectivity index (χ4n) is 1.53. The lowest BCUT2D eigenvalue weighted by molar-refractivity contribution is 0.0601. The van der Waals surface area contributed by atoms with Gasteiger partial charge in [-0.15, -0.1) is 0 Å². The van der Waals surface area contributed by atoms with Gasteiger partial charge in [0.05, 0.1) is 24.6 Å². The maximum Gasteiger partial charge on any atom is 0.339 e. The average Bonchev–Trinajstić information content (AvgIpc) is 2.68. The van der Waals surface area contributed by atoms with E-state index >= 15 is 0 Å². The molecule has 0 saturated carbocycles. The van der Waals surface area contributed by atoms with Gasteiger partial charge in [-0.3, -0.25) is 4.57 Å². The minimum absolute atomic E-state index is 0.299. The average molecular weight is 296 g/mol. The number of esters is 1. The molecule has 2 rings (SSSR count). The number of nitrogen functional groups attached to an aromatic ring is 1. The van der Waals surface area contributed by atoms with Crippen LogP contribution in [0.15, 0.2) is 35.1 Å². The Bertz CT molecular complexity index is 546. The number of halogens is 1. The number of hydrogen-bond donors (Lipinski definition) is 1. The molecule has 1 aromatic heterocycles. The summed E-state index contributed by atoms with van der Waals surface area (Å²) in [6.07, 6.45) is 1.57. The molecule has 0 saturated heterocycles. The molecule has 17 heavy (non-hydrogen) atoms. The highest BCUT2D eigenvalue weighted by Gasteiger charge is 2.16. The van der Waals surface area contributed by atoms with Crippen LogP contribution in [-0.2, 0) is 4.74 Å². The molecule has 2 N–H and O–H groups in total. The van der Waals surface area contributed by atoms with E-state index in [2.05, 4.69) is 20.9 Å². The standard InChI is InChI=1S/C11H10BrN3O2/c1-17-10(16)7-4-2-3-5-8(7)15-9(12)6-14-11(15)13/h2-6H,1H3,(H2,13,14). The number of benzene rings is 1. The van der Waals surface area contributed by atoms with Gasteiger partial charge in [-0.25, -0.2) is 9.78 Å². The number of imidazole rings is 1. The van der Waals surface area contributed by atoms with Crippen LogP contribution in [0.2, 0.25) is 0 Å². The molecular formula is C11H10BrN3O2. The van der Waals surface area contributed by atoms with Crippen LogP contribution in [0.5, 0.6) is 0 Å². The van der Waals surface area contributed by atoms with Gasteiger partial charge >= 0.3 is 5.97 Å². The summed E-state index contributed by atoms with van der Waals surface area (Å²) in [5.74, 6) is -0.117. The van der Waals surface area contributed by atoms with Gasteiger partial charge in [0.15, 0.2) is 0 Å². The lowest BCUT2D eigenvalue weighted by Gasteiger charge is -2.10. The number of nitrogens with zero attached hydrogens (tertiary/aromatic N) is 2. The van der Waals surface area contributed by atoms with E-state index in [-0.39, 0.29) is 0 Å². The second-order valence-electron chi connectivity index (χ2n) is 3.28. The van der Waals surface area contributed by atoms with Crippen LogP contribution in [0, 0.1) is 0 Å². The van der Waals surface area contributed by atoms with Crippen molar-refractivity contribution >= 4 is 27.8 Å². The van der Waals surface area contributed by atoms with Crippen molar-refractivity contribution in [3.8, 4) is 5.69 Å². The van der Waals surface area contributed by atoms with Gasteiger partial charge in [-0.2, -0.15) is 0 Å². The fraction of sp³-hybridized carbons (Fsp3) is 0.0909. The highest BCUT2D eigenvalue weighted by molar-refractivity contribution is 9.10. The Morgan fingerprint density at radius 3 is 2.76 bits per heavy atom. The lowest BCUT2D eigenvalue weighted by atomic mass is 10.2. The number of carbonyl (C=O) groups excluding carboxylic acids is 1. The summed E-state index contributed by atoms with van der Waals surface area (Å²) in [5, 5.41) is 0. The Labute approximate surface area is 106 Å². The largest absolute Gasteiger partial charge is 0.465 e. The van der Waals surface area contributed by atoms with Crippen LogP contribution < -0.4 is 5.73 Å². The number of hydrogen-bond acceptors (Lipinski definition) is 4. The van der Waals surface area contributed by atoms with Gasteiger partial charge in [0, 0.05) is 0 Å². The highest BCUT2D eigenvalue weighted by Crippen LogP contribution is 2.24. The third-order valence-electron chi connectivity index (χ3n) is 2.30. The molecule has 0 atom stereocenters. The molecular weight excluding hydrogens is 286 g/mol. The zero-order valence-corrected chi connectivity index (χ0v) is 10.6. The van der Waals surface area contributed by atoms with Crippen LogP contribution in [-0.4, -0.2) is 22.6 Å². The summed E-state index contributed by atoms with van der Waals surface area (Å²) >= 11 is 3.33. The molecule has 6 heteroatoms. The predicted octanol–water partition coefficient (Wildman–Crippen LogP) is 2.00. The fourth-order valence-corrected chi connectivity index (χ4v) is 2.01. The minimum atomic E-state index is -0.416.